The third-order valence-corrected chi connectivity index (χ3v) is 7.77. The Balaban J connectivity index is 1.26. The van der Waals surface area contributed by atoms with E-state index in [9.17, 15) is 14.7 Å². The summed E-state index contributed by atoms with van der Waals surface area (Å²) in [6.45, 7) is 3.75. The molecule has 0 bridgehead atoms. The number of carbonyl (C=O) groups is 2. The number of carbonyl (C=O) groups excluding carboxylic acids is 1. The summed E-state index contributed by atoms with van der Waals surface area (Å²) < 4.78 is 1.12. The first-order valence-electron chi connectivity index (χ1n) is 10.8. The van der Waals surface area contributed by atoms with Gasteiger partial charge >= 0.3 is 6.09 Å². The number of halogens is 1. The Labute approximate surface area is 195 Å². The topological polar surface area (TPSA) is 64.1 Å². The van der Waals surface area contributed by atoms with E-state index in [0.717, 1.165) is 46.2 Å². The average Bonchev–Trinajstić information content (AvgIpc) is 3.15. The lowest BCUT2D eigenvalue weighted by molar-refractivity contribution is -0.121. The van der Waals surface area contributed by atoms with Gasteiger partial charge in [0.2, 0.25) is 5.91 Å². The van der Waals surface area contributed by atoms with E-state index in [1.807, 2.05) is 35.2 Å². The minimum absolute atomic E-state index is 0.116. The summed E-state index contributed by atoms with van der Waals surface area (Å²) in [5.74, 6) is 0.116. The van der Waals surface area contributed by atoms with Gasteiger partial charge in [-0.05, 0) is 53.6 Å². The van der Waals surface area contributed by atoms with Crippen molar-refractivity contribution in [2.75, 3.05) is 37.6 Å². The zero-order valence-electron chi connectivity index (χ0n) is 17.6. The first-order chi connectivity index (χ1) is 15.5. The highest BCUT2D eigenvalue weighted by atomic mass is 35.5. The van der Waals surface area contributed by atoms with Crippen LogP contribution in [0.4, 0.5) is 10.5 Å². The minimum atomic E-state index is -0.867. The first-order valence-corrected chi connectivity index (χ1v) is 12.0. The summed E-state index contributed by atoms with van der Waals surface area (Å²) >= 11 is 7.60. The van der Waals surface area contributed by atoms with Gasteiger partial charge in [-0.15, -0.1) is 11.3 Å². The third-order valence-electron chi connectivity index (χ3n) is 6.34. The number of hydrogen-bond donors (Lipinski definition) is 1. The molecule has 0 radical (unpaired) electrons. The van der Waals surface area contributed by atoms with Crippen LogP contribution in [-0.2, 0) is 24.2 Å². The van der Waals surface area contributed by atoms with E-state index in [4.69, 9.17) is 11.6 Å². The van der Waals surface area contributed by atoms with Crippen LogP contribution in [0.25, 0.3) is 10.1 Å². The summed E-state index contributed by atoms with van der Waals surface area (Å²) in [7, 11) is 0. The van der Waals surface area contributed by atoms with Crippen LogP contribution in [0.3, 0.4) is 0 Å². The minimum Gasteiger partial charge on any atom is -0.465 e. The Morgan fingerprint density at radius 3 is 2.62 bits per heavy atom. The van der Waals surface area contributed by atoms with Crippen LogP contribution in [0.1, 0.15) is 16.0 Å². The molecule has 2 aliphatic heterocycles. The van der Waals surface area contributed by atoms with Crippen molar-refractivity contribution < 1.29 is 14.7 Å². The molecular formula is C24H24ClN3O3S. The van der Waals surface area contributed by atoms with E-state index in [1.54, 1.807) is 11.3 Å². The van der Waals surface area contributed by atoms with E-state index in [2.05, 4.69) is 17.0 Å². The summed E-state index contributed by atoms with van der Waals surface area (Å²) in [5.41, 5.74) is 3.40. The number of thiophene rings is 1. The maximum absolute atomic E-state index is 12.9. The van der Waals surface area contributed by atoms with E-state index < -0.39 is 6.09 Å². The van der Waals surface area contributed by atoms with Crippen LogP contribution in [-0.4, -0.2) is 59.6 Å². The normalized spacial score (nSPS) is 17.1. The molecule has 1 N–H and O–H groups in total. The van der Waals surface area contributed by atoms with Crippen molar-refractivity contribution in [3.63, 3.8) is 0 Å². The van der Waals surface area contributed by atoms with Crippen LogP contribution >= 0.6 is 22.9 Å². The molecule has 166 valence electrons. The lowest BCUT2D eigenvalue weighted by atomic mass is 10.0. The van der Waals surface area contributed by atoms with Crippen LogP contribution in [0.15, 0.2) is 42.5 Å². The second kappa shape index (κ2) is 8.73. The number of benzene rings is 2. The van der Waals surface area contributed by atoms with Gasteiger partial charge in [-0.25, -0.2) is 4.79 Å². The predicted molar refractivity (Wildman–Crippen MR) is 128 cm³/mol. The Morgan fingerprint density at radius 2 is 1.88 bits per heavy atom. The molecule has 8 heteroatoms. The first kappa shape index (κ1) is 21.2. The molecule has 2 aliphatic rings. The fourth-order valence-electron chi connectivity index (χ4n) is 4.55. The standard InChI is InChI=1S/C24H24ClN3O3S/c25-17-3-1-16(2-4-17)7-9-26-11-12-28(23(29)15-26)18-5-6-19-20-8-10-27(24(30)31)14-22(20)32-21(19)13-18/h1-6,13H,7-12,14-15H2,(H,30,31). The summed E-state index contributed by atoms with van der Waals surface area (Å²) in [5, 5.41) is 11.2. The quantitative estimate of drug-likeness (QED) is 0.611. The average molecular weight is 470 g/mol. The molecule has 6 nitrogen and oxygen atoms in total. The van der Waals surface area contributed by atoms with Crippen molar-refractivity contribution in [2.24, 2.45) is 0 Å². The van der Waals surface area contributed by atoms with E-state index >= 15 is 0 Å². The Hall–Kier alpha value is -2.61. The Kier molecular flexibility index (Phi) is 5.80. The molecule has 0 atom stereocenters. The molecule has 0 unspecified atom stereocenters. The van der Waals surface area contributed by atoms with Gasteiger partial charge < -0.3 is 14.9 Å². The van der Waals surface area contributed by atoms with E-state index in [0.29, 0.717) is 26.2 Å². The highest BCUT2D eigenvalue weighted by Gasteiger charge is 2.27. The maximum Gasteiger partial charge on any atom is 0.407 e. The monoisotopic (exact) mass is 469 g/mol. The van der Waals surface area contributed by atoms with Gasteiger partial charge in [0, 0.05) is 46.5 Å². The van der Waals surface area contributed by atoms with Crippen molar-refractivity contribution in [2.45, 2.75) is 19.4 Å². The molecule has 0 spiro atoms. The van der Waals surface area contributed by atoms with Crippen molar-refractivity contribution in [1.29, 1.82) is 0 Å². The smallest absolute Gasteiger partial charge is 0.407 e. The summed E-state index contributed by atoms with van der Waals surface area (Å²) in [4.78, 5) is 30.9. The van der Waals surface area contributed by atoms with Crippen LogP contribution in [0.5, 0.6) is 0 Å². The largest absolute Gasteiger partial charge is 0.465 e. The third kappa shape index (κ3) is 4.20. The number of rotatable bonds is 4. The van der Waals surface area contributed by atoms with Gasteiger partial charge in [0.1, 0.15) is 0 Å². The SMILES string of the molecule is O=C(O)N1CCc2c(sc3cc(N4CCN(CCc5ccc(Cl)cc5)CC4=O)ccc23)C1. The second-order valence-electron chi connectivity index (χ2n) is 8.34. The number of hydrogen-bond acceptors (Lipinski definition) is 4. The van der Waals surface area contributed by atoms with Crippen molar-refractivity contribution >= 4 is 50.7 Å². The molecule has 1 aromatic heterocycles. The van der Waals surface area contributed by atoms with Crippen molar-refractivity contribution in [3.8, 4) is 0 Å². The van der Waals surface area contributed by atoms with Gasteiger partial charge in [0.15, 0.2) is 0 Å². The molecule has 2 aromatic carbocycles. The Morgan fingerprint density at radius 1 is 1.06 bits per heavy atom. The Bertz CT molecular complexity index is 1180. The number of piperazine rings is 1. The number of amides is 2. The molecule has 0 saturated carbocycles. The fraction of sp³-hybridized carbons (Fsp3) is 0.333. The molecule has 1 fully saturated rings. The molecule has 0 aliphatic carbocycles. The molecule has 2 amide bonds. The lowest BCUT2D eigenvalue weighted by Gasteiger charge is -2.34. The molecular weight excluding hydrogens is 446 g/mol. The van der Waals surface area contributed by atoms with Crippen LogP contribution in [0, 0.1) is 0 Å². The lowest BCUT2D eigenvalue weighted by Crippen LogP contribution is -2.50. The zero-order valence-corrected chi connectivity index (χ0v) is 19.2. The highest BCUT2D eigenvalue weighted by Crippen LogP contribution is 2.37. The van der Waals surface area contributed by atoms with Gasteiger partial charge in [-0.3, -0.25) is 9.69 Å². The number of fused-ring (bicyclic) bond motifs is 3. The predicted octanol–water partition coefficient (Wildman–Crippen LogP) is 4.48. The van der Waals surface area contributed by atoms with Crippen molar-refractivity contribution in [3.05, 3.63) is 63.5 Å². The van der Waals surface area contributed by atoms with Gasteiger partial charge in [0.05, 0.1) is 13.1 Å². The second-order valence-corrected chi connectivity index (χ2v) is 9.91. The number of nitrogens with zero attached hydrogens (tertiary/aromatic N) is 3. The molecule has 3 heterocycles. The summed E-state index contributed by atoms with van der Waals surface area (Å²) in [6.07, 6.45) is 0.768. The van der Waals surface area contributed by atoms with Gasteiger partial charge in [0.25, 0.3) is 0 Å². The number of anilines is 1. The van der Waals surface area contributed by atoms with E-state index in [-0.39, 0.29) is 5.91 Å². The van der Waals surface area contributed by atoms with Crippen molar-refractivity contribution in [1.82, 2.24) is 9.80 Å². The molecule has 5 rings (SSSR count). The number of carboxylic acid groups (broad SMARTS) is 1. The summed E-state index contributed by atoms with van der Waals surface area (Å²) in [6, 6.07) is 14.1. The maximum atomic E-state index is 12.9. The van der Waals surface area contributed by atoms with Crippen LogP contribution < -0.4 is 4.90 Å². The highest BCUT2D eigenvalue weighted by molar-refractivity contribution is 7.19. The van der Waals surface area contributed by atoms with Crippen LogP contribution in [0.2, 0.25) is 5.02 Å². The fourth-order valence-corrected chi connectivity index (χ4v) is 5.97. The van der Waals surface area contributed by atoms with Gasteiger partial charge in [-0.2, -0.15) is 0 Å². The zero-order chi connectivity index (χ0) is 22.2. The van der Waals surface area contributed by atoms with E-state index in [1.165, 1.54) is 21.4 Å². The van der Waals surface area contributed by atoms with Gasteiger partial charge in [-0.1, -0.05) is 29.8 Å². The molecule has 1 saturated heterocycles. The molecule has 32 heavy (non-hydrogen) atoms. The molecule has 3 aromatic rings.